The average Bonchev–Trinajstić information content (AvgIpc) is 3.40. The number of hydrogen-bond acceptors (Lipinski definition) is 5. The summed E-state index contributed by atoms with van der Waals surface area (Å²) >= 11 is 0. The maximum absolute atomic E-state index is 14.0. The molecule has 0 bridgehead atoms. The average molecular weight is 461 g/mol. The van der Waals surface area contributed by atoms with Crippen molar-refractivity contribution in [2.45, 2.75) is 18.9 Å². The molecule has 3 aromatic rings. The Morgan fingerprint density at radius 1 is 1.15 bits per heavy atom. The number of carbonyl (C=O) groups is 1. The molecule has 1 amide bonds. The topological polar surface area (TPSA) is 67.8 Å². The normalized spacial score (nSPS) is 18.4. The van der Waals surface area contributed by atoms with Gasteiger partial charge in [-0.25, -0.2) is 18.9 Å². The quantitative estimate of drug-likeness (QED) is 0.548. The third kappa shape index (κ3) is 4.55. The predicted octanol–water partition coefficient (Wildman–Crippen LogP) is 2.96. The SMILES string of the molecule is [C-]#[N+]c1c(F)ccc2c1CCOC2CN1CCN(C(=O)Cc2ccc(-n3cncn3)cc2)CC1. The minimum absolute atomic E-state index is 0.115. The van der Waals surface area contributed by atoms with E-state index in [9.17, 15) is 9.18 Å². The zero-order chi connectivity index (χ0) is 23.5. The minimum atomic E-state index is -0.463. The van der Waals surface area contributed by atoms with Gasteiger partial charge in [0.25, 0.3) is 0 Å². The first-order valence-electron chi connectivity index (χ1n) is 11.4. The first-order valence-corrected chi connectivity index (χ1v) is 11.4. The fourth-order valence-corrected chi connectivity index (χ4v) is 4.66. The van der Waals surface area contributed by atoms with Gasteiger partial charge in [-0.2, -0.15) is 5.10 Å². The molecule has 9 heteroatoms. The number of amides is 1. The maximum atomic E-state index is 14.0. The van der Waals surface area contributed by atoms with Gasteiger partial charge in [-0.05, 0) is 41.3 Å². The predicted molar refractivity (Wildman–Crippen MR) is 123 cm³/mol. The number of fused-ring (bicyclic) bond motifs is 1. The van der Waals surface area contributed by atoms with Crippen molar-refractivity contribution in [1.82, 2.24) is 24.6 Å². The van der Waals surface area contributed by atoms with Crippen molar-refractivity contribution in [3.05, 3.63) is 83.0 Å². The van der Waals surface area contributed by atoms with Crippen LogP contribution >= 0.6 is 0 Å². The third-order valence-corrected chi connectivity index (χ3v) is 6.52. The number of aromatic nitrogens is 3. The molecule has 1 atom stereocenters. The van der Waals surface area contributed by atoms with Gasteiger partial charge in [-0.15, -0.1) is 0 Å². The van der Waals surface area contributed by atoms with E-state index < -0.39 is 5.82 Å². The van der Waals surface area contributed by atoms with Gasteiger partial charge in [-0.3, -0.25) is 9.69 Å². The zero-order valence-electron chi connectivity index (χ0n) is 18.7. The molecule has 34 heavy (non-hydrogen) atoms. The number of nitrogens with zero attached hydrogens (tertiary/aromatic N) is 6. The van der Waals surface area contributed by atoms with Crippen molar-refractivity contribution >= 4 is 11.6 Å². The molecule has 1 unspecified atom stereocenters. The van der Waals surface area contributed by atoms with E-state index in [1.54, 1.807) is 17.1 Å². The molecular formula is C25H25FN6O2. The van der Waals surface area contributed by atoms with Crippen LogP contribution in [0.3, 0.4) is 0 Å². The van der Waals surface area contributed by atoms with Gasteiger partial charge in [-0.1, -0.05) is 18.2 Å². The van der Waals surface area contributed by atoms with Gasteiger partial charge in [0.1, 0.15) is 18.5 Å². The molecule has 3 heterocycles. The highest BCUT2D eigenvalue weighted by Gasteiger charge is 2.28. The van der Waals surface area contributed by atoms with E-state index >= 15 is 0 Å². The first-order chi connectivity index (χ1) is 16.6. The van der Waals surface area contributed by atoms with Crippen molar-refractivity contribution in [1.29, 1.82) is 0 Å². The second kappa shape index (κ2) is 9.71. The lowest BCUT2D eigenvalue weighted by atomic mass is 9.95. The first kappa shape index (κ1) is 22.2. The molecule has 2 aromatic carbocycles. The Morgan fingerprint density at radius 3 is 2.65 bits per heavy atom. The Balaban J connectivity index is 1.15. The van der Waals surface area contributed by atoms with Crippen LogP contribution in [0.25, 0.3) is 10.5 Å². The summed E-state index contributed by atoms with van der Waals surface area (Å²) in [5.74, 6) is -0.348. The van der Waals surface area contributed by atoms with Gasteiger partial charge < -0.3 is 9.64 Å². The van der Waals surface area contributed by atoms with Crippen LogP contribution in [0.5, 0.6) is 0 Å². The summed E-state index contributed by atoms with van der Waals surface area (Å²) in [5, 5.41) is 4.11. The van der Waals surface area contributed by atoms with Crippen LogP contribution in [-0.2, 0) is 22.4 Å². The van der Waals surface area contributed by atoms with Gasteiger partial charge in [0.15, 0.2) is 0 Å². The van der Waals surface area contributed by atoms with Gasteiger partial charge in [0.05, 0.1) is 31.4 Å². The van der Waals surface area contributed by atoms with Gasteiger partial charge in [0.2, 0.25) is 11.6 Å². The summed E-state index contributed by atoms with van der Waals surface area (Å²) in [7, 11) is 0. The Morgan fingerprint density at radius 2 is 1.94 bits per heavy atom. The molecule has 0 aliphatic carbocycles. The molecule has 0 saturated carbocycles. The number of carbonyl (C=O) groups excluding carboxylic acids is 1. The van der Waals surface area contributed by atoms with E-state index in [4.69, 9.17) is 11.3 Å². The highest BCUT2D eigenvalue weighted by atomic mass is 19.1. The fourth-order valence-electron chi connectivity index (χ4n) is 4.66. The van der Waals surface area contributed by atoms with Crippen LogP contribution in [0.1, 0.15) is 22.8 Å². The van der Waals surface area contributed by atoms with Gasteiger partial charge in [0, 0.05) is 32.7 Å². The summed E-state index contributed by atoms with van der Waals surface area (Å²) in [6.07, 6.45) is 3.86. The zero-order valence-corrected chi connectivity index (χ0v) is 18.7. The van der Waals surface area contributed by atoms with E-state index in [1.165, 1.54) is 12.4 Å². The van der Waals surface area contributed by atoms with Crippen LogP contribution in [0, 0.1) is 12.4 Å². The maximum Gasteiger partial charge on any atom is 0.227 e. The lowest BCUT2D eigenvalue weighted by Crippen LogP contribution is -2.50. The smallest absolute Gasteiger partial charge is 0.227 e. The van der Waals surface area contributed by atoms with Crippen LogP contribution in [0.2, 0.25) is 0 Å². The van der Waals surface area contributed by atoms with Crippen LogP contribution in [-0.4, -0.2) is 69.8 Å². The van der Waals surface area contributed by atoms with Gasteiger partial charge >= 0.3 is 0 Å². The molecule has 2 aliphatic rings. The van der Waals surface area contributed by atoms with E-state index in [-0.39, 0.29) is 17.7 Å². The largest absolute Gasteiger partial charge is 0.372 e. The summed E-state index contributed by atoms with van der Waals surface area (Å²) in [4.78, 5) is 24.4. The number of piperazine rings is 1. The Bertz CT molecular complexity index is 1200. The van der Waals surface area contributed by atoms with Crippen LogP contribution in [0.15, 0.2) is 49.1 Å². The Kier molecular flexibility index (Phi) is 6.34. The Hall–Kier alpha value is -3.61. The van der Waals surface area contributed by atoms with E-state index in [2.05, 4.69) is 19.8 Å². The number of hydrogen-bond donors (Lipinski definition) is 0. The lowest BCUT2D eigenvalue weighted by Gasteiger charge is -2.38. The molecule has 0 radical (unpaired) electrons. The second-order valence-electron chi connectivity index (χ2n) is 8.55. The molecule has 1 aromatic heterocycles. The number of benzene rings is 2. The molecule has 1 fully saturated rings. The molecule has 8 nitrogen and oxygen atoms in total. The van der Waals surface area contributed by atoms with Crippen molar-refractivity contribution in [3.8, 4) is 5.69 Å². The molecule has 1 saturated heterocycles. The fraction of sp³-hybridized carbons (Fsp3) is 0.360. The molecule has 174 valence electrons. The van der Waals surface area contributed by atoms with E-state index in [0.717, 1.165) is 35.5 Å². The van der Waals surface area contributed by atoms with Crippen molar-refractivity contribution in [2.75, 3.05) is 39.3 Å². The molecule has 2 aliphatic heterocycles. The summed E-state index contributed by atoms with van der Waals surface area (Å²) in [5.41, 5.74) is 3.67. The minimum Gasteiger partial charge on any atom is -0.372 e. The second-order valence-corrected chi connectivity index (χ2v) is 8.55. The van der Waals surface area contributed by atoms with Crippen LogP contribution < -0.4 is 0 Å². The lowest BCUT2D eigenvalue weighted by molar-refractivity contribution is -0.132. The van der Waals surface area contributed by atoms with E-state index in [1.807, 2.05) is 29.2 Å². The summed E-state index contributed by atoms with van der Waals surface area (Å²) in [6.45, 7) is 11.3. The monoisotopic (exact) mass is 460 g/mol. The molecule has 0 spiro atoms. The number of rotatable bonds is 5. The van der Waals surface area contributed by atoms with Crippen molar-refractivity contribution in [2.24, 2.45) is 0 Å². The highest BCUT2D eigenvalue weighted by molar-refractivity contribution is 5.79. The molecular weight excluding hydrogens is 435 g/mol. The highest BCUT2D eigenvalue weighted by Crippen LogP contribution is 2.36. The third-order valence-electron chi connectivity index (χ3n) is 6.52. The van der Waals surface area contributed by atoms with E-state index in [0.29, 0.717) is 39.1 Å². The summed E-state index contributed by atoms with van der Waals surface area (Å²) < 4.78 is 21.7. The molecule has 5 rings (SSSR count). The van der Waals surface area contributed by atoms with Crippen LogP contribution in [0.4, 0.5) is 10.1 Å². The van der Waals surface area contributed by atoms with Crippen molar-refractivity contribution < 1.29 is 13.9 Å². The number of halogens is 1. The summed E-state index contributed by atoms with van der Waals surface area (Å²) in [6, 6.07) is 10.9. The standard InChI is InChI=1S/C25H25FN6O2/c1-27-25-21-8-13-34-23(20(21)6-7-22(25)26)15-30-9-11-31(12-10-30)24(33)14-18-2-4-19(5-3-18)32-17-28-16-29-32/h2-7,16-17,23H,8-15H2. The van der Waals surface area contributed by atoms with Crippen molar-refractivity contribution in [3.63, 3.8) is 0 Å². The number of ether oxygens (including phenoxy) is 1. The Labute approximate surface area is 197 Å². The molecule has 0 N–H and O–H groups in total.